The first-order chi connectivity index (χ1) is 9.81. The van der Waals surface area contributed by atoms with E-state index >= 15 is 0 Å². The van der Waals surface area contributed by atoms with Gasteiger partial charge in [0.25, 0.3) is 0 Å². The van der Waals surface area contributed by atoms with Gasteiger partial charge in [-0.05, 0) is 37.2 Å². The van der Waals surface area contributed by atoms with Gasteiger partial charge in [0.2, 0.25) is 0 Å². The molecule has 1 saturated carbocycles. The molecule has 1 aliphatic carbocycles. The summed E-state index contributed by atoms with van der Waals surface area (Å²) in [5, 5.41) is 1.36. The summed E-state index contributed by atoms with van der Waals surface area (Å²) >= 11 is 0. The van der Waals surface area contributed by atoms with Crippen LogP contribution in [0.4, 0.5) is 0 Å². The first-order valence-electron chi connectivity index (χ1n) is 8.05. The molecule has 6 rings (SSSR count). The molecule has 0 spiro atoms. The number of nitrogens with zero attached hydrogens (tertiary/aromatic N) is 1. The summed E-state index contributed by atoms with van der Waals surface area (Å²) in [4.78, 5) is 2.76. The van der Waals surface area contributed by atoms with Gasteiger partial charge in [0.05, 0.1) is 0 Å². The Bertz CT molecular complexity index is 673. The van der Waals surface area contributed by atoms with Crippen LogP contribution in [0.25, 0.3) is 11.0 Å². The third kappa shape index (κ3) is 1.38. The van der Waals surface area contributed by atoms with E-state index in [9.17, 15) is 0 Å². The predicted octanol–water partition coefficient (Wildman–Crippen LogP) is 3.80. The summed E-state index contributed by atoms with van der Waals surface area (Å²) in [6.45, 7) is 5.00. The van der Waals surface area contributed by atoms with E-state index in [0.29, 0.717) is 5.92 Å². The van der Waals surface area contributed by atoms with Crippen LogP contribution in [0, 0.1) is 11.8 Å². The lowest BCUT2D eigenvalue weighted by molar-refractivity contribution is -0.00881. The molecule has 3 aliphatic heterocycles. The monoisotopic (exact) mass is 267 g/mol. The third-order valence-corrected chi connectivity index (χ3v) is 5.92. The minimum absolute atomic E-state index is 0.641. The summed E-state index contributed by atoms with van der Waals surface area (Å²) < 4.78 is 6.33. The van der Waals surface area contributed by atoms with Gasteiger partial charge in [0.15, 0.2) is 0 Å². The summed E-state index contributed by atoms with van der Waals surface area (Å²) in [5.74, 6) is 3.68. The Labute approximate surface area is 119 Å². The van der Waals surface area contributed by atoms with Crippen molar-refractivity contribution in [2.24, 2.45) is 11.8 Å². The Morgan fingerprint density at radius 2 is 2.10 bits per heavy atom. The second kappa shape index (κ2) is 3.88. The van der Waals surface area contributed by atoms with Crippen molar-refractivity contribution in [1.29, 1.82) is 0 Å². The Morgan fingerprint density at radius 3 is 3.00 bits per heavy atom. The maximum atomic E-state index is 6.33. The van der Waals surface area contributed by atoms with Crippen LogP contribution in [-0.4, -0.2) is 24.0 Å². The molecule has 2 nitrogen and oxygen atoms in total. The molecule has 3 fully saturated rings. The summed E-state index contributed by atoms with van der Waals surface area (Å²) in [6.07, 6.45) is 3.93. The number of hydrogen-bond donors (Lipinski definition) is 0. The molecule has 0 N–H and O–H groups in total. The van der Waals surface area contributed by atoms with Crippen LogP contribution in [-0.2, 0) is 6.42 Å². The Kier molecular flexibility index (Phi) is 2.21. The van der Waals surface area contributed by atoms with Crippen LogP contribution in [0.15, 0.2) is 28.7 Å². The summed E-state index contributed by atoms with van der Waals surface area (Å²) in [6, 6.07) is 9.33. The van der Waals surface area contributed by atoms with Crippen LogP contribution in [0.5, 0.6) is 0 Å². The van der Waals surface area contributed by atoms with Crippen LogP contribution in [0.2, 0.25) is 0 Å². The average molecular weight is 267 g/mol. The van der Waals surface area contributed by atoms with Crippen molar-refractivity contribution < 1.29 is 4.42 Å². The van der Waals surface area contributed by atoms with Crippen molar-refractivity contribution in [1.82, 2.24) is 4.90 Å². The number of fused-ring (bicyclic) bond motifs is 4. The van der Waals surface area contributed by atoms with Crippen molar-refractivity contribution in [2.45, 2.75) is 38.1 Å². The molecule has 5 unspecified atom stereocenters. The van der Waals surface area contributed by atoms with Crippen molar-refractivity contribution in [3.05, 3.63) is 35.6 Å². The normalized spacial score (nSPS) is 38.8. The van der Waals surface area contributed by atoms with Crippen molar-refractivity contribution in [3.8, 4) is 0 Å². The molecule has 20 heavy (non-hydrogen) atoms. The van der Waals surface area contributed by atoms with Gasteiger partial charge in [-0.2, -0.15) is 0 Å². The Hall–Kier alpha value is -1.28. The number of hydrogen-bond acceptors (Lipinski definition) is 2. The second-order valence-corrected chi connectivity index (χ2v) is 7.10. The number of benzene rings is 1. The lowest BCUT2D eigenvalue weighted by Crippen LogP contribution is -2.55. The van der Waals surface area contributed by atoms with E-state index in [1.807, 2.05) is 0 Å². The van der Waals surface area contributed by atoms with E-state index in [1.54, 1.807) is 0 Å². The highest BCUT2D eigenvalue weighted by Gasteiger charge is 2.48. The van der Waals surface area contributed by atoms with Gasteiger partial charge in [-0.3, -0.25) is 4.90 Å². The summed E-state index contributed by atoms with van der Waals surface area (Å²) in [5.41, 5.74) is 2.60. The number of furan rings is 1. The Balaban J connectivity index is 1.72. The molecule has 1 aromatic carbocycles. The molecular weight excluding hydrogens is 246 g/mol. The molecule has 4 bridgehead atoms. The second-order valence-electron chi connectivity index (χ2n) is 7.10. The smallest absolute Gasteiger partial charge is 0.134 e. The van der Waals surface area contributed by atoms with E-state index < -0.39 is 0 Å². The van der Waals surface area contributed by atoms with Gasteiger partial charge in [0.1, 0.15) is 11.3 Å². The molecule has 4 aliphatic rings. The third-order valence-electron chi connectivity index (χ3n) is 5.92. The topological polar surface area (TPSA) is 16.4 Å². The molecule has 1 aromatic heterocycles. The van der Waals surface area contributed by atoms with E-state index in [-0.39, 0.29) is 0 Å². The maximum absolute atomic E-state index is 6.33. The predicted molar refractivity (Wildman–Crippen MR) is 79.9 cm³/mol. The quantitative estimate of drug-likeness (QED) is 0.722. The lowest BCUT2D eigenvalue weighted by Gasteiger charge is -2.52. The molecule has 4 heterocycles. The van der Waals surface area contributed by atoms with E-state index in [2.05, 4.69) is 36.1 Å². The Morgan fingerprint density at radius 1 is 1.20 bits per heavy atom. The largest absolute Gasteiger partial charge is 0.460 e. The standard InChI is InChI=1S/C18H21NO/c1-11-8-12-9-15-17(11)19(10-12)7-6-14-13-4-2-3-5-16(13)20-18(14)15/h2-5,11-12,15,17H,6-10H2,1H3. The van der Waals surface area contributed by atoms with Gasteiger partial charge in [0, 0.05) is 36.0 Å². The highest BCUT2D eigenvalue weighted by Crippen LogP contribution is 2.50. The fraction of sp³-hybridized carbons (Fsp3) is 0.556. The van der Waals surface area contributed by atoms with Gasteiger partial charge < -0.3 is 4.42 Å². The first-order valence-corrected chi connectivity index (χ1v) is 8.05. The molecule has 5 atom stereocenters. The minimum atomic E-state index is 0.641. The lowest BCUT2D eigenvalue weighted by atomic mass is 9.67. The molecule has 2 aromatic rings. The first kappa shape index (κ1) is 11.4. The number of para-hydroxylation sites is 1. The van der Waals surface area contributed by atoms with E-state index in [1.165, 1.54) is 49.1 Å². The zero-order chi connectivity index (χ0) is 13.3. The highest BCUT2D eigenvalue weighted by atomic mass is 16.3. The number of piperidine rings is 2. The fourth-order valence-corrected chi connectivity index (χ4v) is 5.31. The number of rotatable bonds is 0. The summed E-state index contributed by atoms with van der Waals surface area (Å²) in [7, 11) is 0. The van der Waals surface area contributed by atoms with E-state index in [4.69, 9.17) is 4.42 Å². The highest BCUT2D eigenvalue weighted by molar-refractivity contribution is 5.82. The fourth-order valence-electron chi connectivity index (χ4n) is 5.31. The minimum Gasteiger partial charge on any atom is -0.460 e. The van der Waals surface area contributed by atoms with Crippen LogP contribution in [0.1, 0.15) is 37.0 Å². The van der Waals surface area contributed by atoms with Crippen LogP contribution >= 0.6 is 0 Å². The van der Waals surface area contributed by atoms with Gasteiger partial charge >= 0.3 is 0 Å². The molecule has 0 radical (unpaired) electrons. The van der Waals surface area contributed by atoms with Crippen molar-refractivity contribution in [2.75, 3.05) is 13.1 Å². The molecular formula is C18H21NO. The van der Waals surface area contributed by atoms with Crippen molar-refractivity contribution in [3.63, 3.8) is 0 Å². The van der Waals surface area contributed by atoms with Gasteiger partial charge in [-0.25, -0.2) is 0 Å². The van der Waals surface area contributed by atoms with Crippen LogP contribution < -0.4 is 0 Å². The maximum Gasteiger partial charge on any atom is 0.134 e. The van der Waals surface area contributed by atoms with Crippen molar-refractivity contribution >= 4 is 11.0 Å². The average Bonchev–Trinajstić information content (AvgIpc) is 2.78. The van der Waals surface area contributed by atoms with Gasteiger partial charge in [-0.1, -0.05) is 25.1 Å². The van der Waals surface area contributed by atoms with Crippen LogP contribution in [0.3, 0.4) is 0 Å². The molecule has 104 valence electrons. The molecule has 2 saturated heterocycles. The van der Waals surface area contributed by atoms with Gasteiger partial charge in [-0.15, -0.1) is 0 Å². The molecule has 2 heteroatoms. The zero-order valence-corrected chi connectivity index (χ0v) is 12.0. The molecule has 0 amide bonds. The SMILES string of the molecule is CC1CC2CC3c4oc5ccccc5c4CCN(C2)C13. The van der Waals surface area contributed by atoms with E-state index in [0.717, 1.165) is 23.5 Å². The zero-order valence-electron chi connectivity index (χ0n) is 12.0.